The van der Waals surface area contributed by atoms with E-state index in [1.54, 1.807) is 42.2 Å². The summed E-state index contributed by atoms with van der Waals surface area (Å²) < 4.78 is 71.8. The van der Waals surface area contributed by atoms with E-state index in [1.165, 1.54) is 11.8 Å². The second-order valence-corrected chi connectivity index (χ2v) is 13.7. The molecule has 1 aliphatic heterocycles. The number of hydrogen-bond acceptors (Lipinski definition) is 4. The summed E-state index contributed by atoms with van der Waals surface area (Å²) in [5, 5.41) is 20.8. The molecule has 12 heteroatoms. The first-order valence-corrected chi connectivity index (χ1v) is 15.5. The Morgan fingerprint density at radius 2 is 1.69 bits per heavy atom. The number of ketones is 1. The number of rotatable bonds is 3. The Morgan fingerprint density at radius 3 is 2.31 bits per heavy atom. The van der Waals surface area contributed by atoms with Crippen molar-refractivity contribution < 1.29 is 46.5 Å². The molecule has 244 valence electrons. The van der Waals surface area contributed by atoms with Crippen molar-refractivity contribution in [2.45, 2.75) is 88.5 Å². The van der Waals surface area contributed by atoms with Gasteiger partial charge in [-0.25, -0.2) is 4.79 Å². The second kappa shape index (κ2) is 10.6. The first-order chi connectivity index (χ1) is 21.0. The highest BCUT2D eigenvalue weighted by Crippen LogP contribution is 2.70. The molecular formula is C33H37F5N2O5. The van der Waals surface area contributed by atoms with Crippen LogP contribution in [0.5, 0.6) is 0 Å². The Kier molecular flexibility index (Phi) is 7.49. The number of carboxylic acid groups (broad SMARTS) is 1. The molecule has 3 fully saturated rings. The molecule has 6 atom stereocenters. The molecule has 1 unspecified atom stereocenters. The quantitative estimate of drug-likeness (QED) is 0.378. The zero-order chi connectivity index (χ0) is 32.7. The zero-order valence-corrected chi connectivity index (χ0v) is 25.2. The van der Waals surface area contributed by atoms with Crippen LogP contribution in [0, 0.1) is 17.3 Å². The number of piperazine rings is 1. The van der Waals surface area contributed by atoms with Crippen molar-refractivity contribution in [2.75, 3.05) is 19.6 Å². The summed E-state index contributed by atoms with van der Waals surface area (Å²) in [4.78, 5) is 39.9. The number of fused-ring (bicyclic) bond motifs is 4. The normalized spacial score (nSPS) is 33.8. The molecule has 7 nitrogen and oxygen atoms in total. The fourth-order valence-corrected chi connectivity index (χ4v) is 9.18. The average molecular weight is 637 g/mol. The molecule has 0 radical (unpaired) electrons. The summed E-state index contributed by atoms with van der Waals surface area (Å²) in [7, 11) is 0. The van der Waals surface area contributed by atoms with Crippen LogP contribution >= 0.6 is 0 Å². The van der Waals surface area contributed by atoms with Crippen LogP contribution in [0.3, 0.4) is 0 Å². The third kappa shape index (κ3) is 4.72. The van der Waals surface area contributed by atoms with E-state index < -0.39 is 53.5 Å². The Labute approximate surface area is 257 Å². The molecule has 1 heterocycles. The van der Waals surface area contributed by atoms with Crippen molar-refractivity contribution in [3.8, 4) is 0 Å². The van der Waals surface area contributed by atoms with Crippen LogP contribution in [0.1, 0.15) is 80.6 Å². The Balaban J connectivity index is 1.38. The monoisotopic (exact) mass is 636 g/mol. The molecule has 2 saturated carbocycles. The van der Waals surface area contributed by atoms with Crippen molar-refractivity contribution in [3.05, 3.63) is 58.2 Å². The Morgan fingerprint density at radius 1 is 1.00 bits per heavy atom. The van der Waals surface area contributed by atoms with E-state index in [4.69, 9.17) is 0 Å². The minimum absolute atomic E-state index is 0.00595. The lowest BCUT2D eigenvalue weighted by molar-refractivity contribution is -0.362. The van der Waals surface area contributed by atoms with Gasteiger partial charge >= 0.3 is 18.2 Å². The molecule has 45 heavy (non-hydrogen) atoms. The summed E-state index contributed by atoms with van der Waals surface area (Å²) >= 11 is 0. The third-order valence-electron chi connectivity index (χ3n) is 11.5. The lowest BCUT2D eigenvalue weighted by Crippen LogP contribution is -2.65. The van der Waals surface area contributed by atoms with Gasteiger partial charge in [-0.2, -0.15) is 22.0 Å². The van der Waals surface area contributed by atoms with E-state index >= 15 is 8.78 Å². The first-order valence-electron chi connectivity index (χ1n) is 15.5. The van der Waals surface area contributed by atoms with Crippen LogP contribution in [-0.4, -0.2) is 81.2 Å². The second-order valence-electron chi connectivity index (χ2n) is 13.7. The highest BCUT2D eigenvalue weighted by atomic mass is 19.4. The number of amides is 2. The molecule has 1 aromatic rings. The van der Waals surface area contributed by atoms with Crippen LogP contribution in [0.4, 0.5) is 26.7 Å². The number of alkyl halides is 5. The van der Waals surface area contributed by atoms with Gasteiger partial charge in [-0.1, -0.05) is 24.6 Å². The Bertz CT molecular complexity index is 1490. The molecule has 0 aromatic heterocycles. The Hall–Kier alpha value is -3.28. The highest BCUT2D eigenvalue weighted by Gasteiger charge is 2.79. The average Bonchev–Trinajstić information content (AvgIpc) is 3.26. The van der Waals surface area contributed by atoms with Gasteiger partial charge in [0.15, 0.2) is 5.78 Å². The summed E-state index contributed by atoms with van der Waals surface area (Å²) in [6, 6.07) is 6.22. The van der Waals surface area contributed by atoms with Crippen LogP contribution < -0.4 is 0 Å². The van der Waals surface area contributed by atoms with Gasteiger partial charge < -0.3 is 20.0 Å². The van der Waals surface area contributed by atoms with Crippen LogP contribution in [-0.2, 0) is 4.79 Å². The van der Waals surface area contributed by atoms with Crippen LogP contribution in [0.2, 0.25) is 0 Å². The number of allylic oxidation sites excluding steroid dienone is 4. The molecule has 1 aromatic carbocycles. The van der Waals surface area contributed by atoms with Crippen LogP contribution in [0.15, 0.2) is 47.1 Å². The van der Waals surface area contributed by atoms with Crippen molar-refractivity contribution in [1.82, 2.24) is 9.80 Å². The number of aliphatic hydroxyl groups is 1. The minimum Gasteiger partial charge on any atom is -0.465 e. The highest BCUT2D eigenvalue weighted by molar-refractivity contribution is 5.94. The summed E-state index contributed by atoms with van der Waals surface area (Å²) in [5.74, 6) is -7.13. The van der Waals surface area contributed by atoms with Crippen molar-refractivity contribution in [1.29, 1.82) is 0 Å². The fraction of sp³-hybridized carbons (Fsp3) is 0.606. The standard InChI is InChI=1S/C33H37F5N2O5/c1-18-17-39(13-14-40(18)29(43)44)28(42)20-5-3-19(4-6-20)25-16-30(2)26(11-12-31(30,45)32(34,35)33(36,37)38)24-9-7-21-15-22(41)8-10-23(21)27(24)25/h3-6,15,18,24-26,45H,7-14,16-17H2,1-2H3,(H,43,44)/t18?,24-,25+,26-,30-,31-/m0/s1. The maximum atomic E-state index is 15.2. The predicted octanol–water partition coefficient (Wildman–Crippen LogP) is 6.34. The van der Waals surface area contributed by atoms with Gasteiger partial charge in [-0.3, -0.25) is 9.59 Å². The SMILES string of the molecule is CC1CN(C(=O)c2ccc([C@H]3C[C@@]4(C)[C@@H](CC[C@@]4(O)C(F)(F)C(F)(F)F)[C@@H]4CCC5=CC(=O)CCC5=C43)cc2)CCN1C(=O)O. The van der Waals surface area contributed by atoms with E-state index in [2.05, 4.69) is 0 Å². The van der Waals surface area contributed by atoms with Crippen LogP contribution in [0.25, 0.3) is 0 Å². The minimum atomic E-state index is -5.92. The molecular weight excluding hydrogens is 599 g/mol. The van der Waals surface area contributed by atoms with E-state index in [0.29, 0.717) is 36.8 Å². The topological polar surface area (TPSA) is 98.2 Å². The smallest absolute Gasteiger partial charge is 0.456 e. The van der Waals surface area contributed by atoms with Crippen molar-refractivity contribution in [3.63, 3.8) is 0 Å². The number of hydrogen-bond donors (Lipinski definition) is 2. The fourth-order valence-electron chi connectivity index (χ4n) is 9.18. The number of benzene rings is 1. The lowest BCUT2D eigenvalue weighted by atomic mass is 9.50. The van der Waals surface area contributed by atoms with E-state index in [1.807, 2.05) is 0 Å². The molecule has 1 saturated heterocycles. The summed E-state index contributed by atoms with van der Waals surface area (Å²) in [6.45, 7) is 3.70. The molecule has 4 aliphatic carbocycles. The molecule has 6 rings (SSSR count). The van der Waals surface area contributed by atoms with Gasteiger partial charge in [0.1, 0.15) is 5.60 Å². The predicted molar refractivity (Wildman–Crippen MR) is 153 cm³/mol. The van der Waals surface area contributed by atoms with E-state index in [-0.39, 0.29) is 50.1 Å². The first kappa shape index (κ1) is 31.7. The van der Waals surface area contributed by atoms with Gasteiger partial charge in [0.05, 0.1) is 0 Å². The maximum absolute atomic E-state index is 15.2. The maximum Gasteiger partial charge on any atom is 0.456 e. The van der Waals surface area contributed by atoms with Gasteiger partial charge in [0.2, 0.25) is 0 Å². The molecule has 2 N–H and O–H groups in total. The number of halogens is 5. The van der Waals surface area contributed by atoms with Gasteiger partial charge in [-0.05, 0) is 92.2 Å². The van der Waals surface area contributed by atoms with E-state index in [0.717, 1.165) is 16.7 Å². The zero-order valence-electron chi connectivity index (χ0n) is 25.2. The summed E-state index contributed by atoms with van der Waals surface area (Å²) in [5.41, 5.74) is -1.24. The number of nitrogens with zero attached hydrogens (tertiary/aromatic N) is 2. The van der Waals surface area contributed by atoms with Gasteiger partial charge in [0, 0.05) is 49.0 Å². The van der Waals surface area contributed by atoms with Crippen molar-refractivity contribution >= 4 is 17.8 Å². The van der Waals surface area contributed by atoms with E-state index in [9.17, 15) is 37.8 Å². The summed E-state index contributed by atoms with van der Waals surface area (Å²) in [6.07, 6.45) is -4.36. The molecule has 5 aliphatic rings. The van der Waals surface area contributed by atoms with Gasteiger partial charge in [0.25, 0.3) is 5.91 Å². The molecule has 2 amide bonds. The van der Waals surface area contributed by atoms with Gasteiger partial charge in [-0.15, -0.1) is 0 Å². The molecule has 0 bridgehead atoms. The lowest BCUT2D eigenvalue weighted by Gasteiger charge is -2.56. The third-order valence-corrected chi connectivity index (χ3v) is 11.5. The number of carbonyl (C=O) groups is 3. The van der Waals surface area contributed by atoms with Crippen molar-refractivity contribution in [2.24, 2.45) is 17.3 Å². The molecule has 0 spiro atoms. The largest absolute Gasteiger partial charge is 0.465 e. The number of carbonyl (C=O) groups excluding carboxylic acids is 2.